The highest BCUT2D eigenvalue weighted by Crippen LogP contribution is 2.25. The van der Waals surface area contributed by atoms with Crippen LogP contribution in [0.1, 0.15) is 41.4 Å². The van der Waals surface area contributed by atoms with E-state index in [-0.39, 0.29) is 5.91 Å². The standard InChI is InChI=1S/C31H30ClN3O2S/c1-2-3-19-37-28-15-11-25(12-16-28)30(36)34(20-23-7-5-4-6-8-23)18-17-27-22-38-31-33-29(21-35(27)31)24-9-13-26(32)14-10-24/h4-16,21-22H,2-3,17-20H2,1H3. The summed E-state index contributed by atoms with van der Waals surface area (Å²) in [7, 11) is 0. The summed E-state index contributed by atoms with van der Waals surface area (Å²) in [6, 6.07) is 25.3. The first-order valence-corrected chi connectivity index (χ1v) is 14.1. The zero-order chi connectivity index (χ0) is 26.3. The number of imidazole rings is 1. The molecule has 0 aliphatic heterocycles. The highest BCUT2D eigenvalue weighted by molar-refractivity contribution is 7.15. The van der Waals surface area contributed by atoms with Crippen LogP contribution in [0.25, 0.3) is 16.2 Å². The van der Waals surface area contributed by atoms with Crippen LogP contribution >= 0.6 is 22.9 Å². The number of rotatable bonds is 11. The lowest BCUT2D eigenvalue weighted by molar-refractivity contribution is 0.0744. The molecule has 0 bridgehead atoms. The number of thiazole rings is 1. The average molecular weight is 544 g/mol. The molecule has 3 aromatic carbocycles. The first-order valence-electron chi connectivity index (χ1n) is 12.9. The molecule has 7 heteroatoms. The van der Waals surface area contributed by atoms with Crippen LogP contribution in [0.2, 0.25) is 5.02 Å². The van der Waals surface area contributed by atoms with Gasteiger partial charge in [-0.05, 0) is 48.4 Å². The Morgan fingerprint density at radius 2 is 1.79 bits per heavy atom. The fourth-order valence-corrected chi connectivity index (χ4v) is 5.32. The molecule has 0 fully saturated rings. The topological polar surface area (TPSA) is 46.8 Å². The number of unbranched alkanes of at least 4 members (excludes halogenated alkanes) is 1. The summed E-state index contributed by atoms with van der Waals surface area (Å²) in [5.74, 6) is 0.801. The first kappa shape index (κ1) is 26.0. The molecule has 1 amide bonds. The lowest BCUT2D eigenvalue weighted by atomic mass is 10.1. The van der Waals surface area contributed by atoms with Crippen molar-refractivity contribution in [1.82, 2.24) is 14.3 Å². The molecule has 0 saturated carbocycles. The SMILES string of the molecule is CCCCOc1ccc(C(=O)N(CCc2csc3nc(-c4ccc(Cl)cc4)cn23)Cc2ccccc2)cc1. The Hall–Kier alpha value is -3.61. The summed E-state index contributed by atoms with van der Waals surface area (Å²) < 4.78 is 7.90. The smallest absolute Gasteiger partial charge is 0.254 e. The number of benzene rings is 3. The minimum Gasteiger partial charge on any atom is -0.494 e. The normalized spacial score (nSPS) is 11.1. The van der Waals surface area contributed by atoms with Crippen LogP contribution in [-0.4, -0.2) is 33.3 Å². The number of hydrogen-bond donors (Lipinski definition) is 0. The van der Waals surface area contributed by atoms with E-state index in [9.17, 15) is 4.79 Å². The Kier molecular flexibility index (Phi) is 8.41. The predicted octanol–water partition coefficient (Wildman–Crippen LogP) is 7.78. The molecule has 0 spiro atoms. The summed E-state index contributed by atoms with van der Waals surface area (Å²) in [4.78, 5) is 21.3. The number of fused-ring (bicyclic) bond motifs is 1. The Labute approximate surface area is 232 Å². The van der Waals surface area contributed by atoms with Crippen LogP contribution in [0.3, 0.4) is 0 Å². The van der Waals surface area contributed by atoms with E-state index in [1.807, 2.05) is 71.6 Å². The van der Waals surface area contributed by atoms with Crippen molar-refractivity contribution in [2.75, 3.05) is 13.2 Å². The zero-order valence-corrected chi connectivity index (χ0v) is 22.9. The maximum absolute atomic E-state index is 13.6. The van der Waals surface area contributed by atoms with E-state index in [0.717, 1.165) is 46.1 Å². The van der Waals surface area contributed by atoms with Gasteiger partial charge in [-0.25, -0.2) is 4.98 Å². The molecule has 5 nitrogen and oxygen atoms in total. The maximum Gasteiger partial charge on any atom is 0.254 e. The Morgan fingerprint density at radius 1 is 1.03 bits per heavy atom. The highest BCUT2D eigenvalue weighted by atomic mass is 35.5. The van der Waals surface area contributed by atoms with Crippen molar-refractivity contribution in [2.45, 2.75) is 32.7 Å². The van der Waals surface area contributed by atoms with Crippen molar-refractivity contribution in [3.8, 4) is 17.0 Å². The first-order chi connectivity index (χ1) is 18.6. The third-order valence-electron chi connectivity index (χ3n) is 6.43. The van der Waals surface area contributed by atoms with Gasteiger partial charge in [0, 0.05) is 52.9 Å². The van der Waals surface area contributed by atoms with Gasteiger partial charge in [-0.15, -0.1) is 11.3 Å². The minimum atomic E-state index is 0.00733. The lowest BCUT2D eigenvalue weighted by Gasteiger charge is -2.23. The predicted molar refractivity (Wildman–Crippen MR) is 155 cm³/mol. The van der Waals surface area contributed by atoms with Gasteiger partial charge in [-0.1, -0.05) is 67.4 Å². The number of carbonyl (C=O) groups excluding carboxylic acids is 1. The zero-order valence-electron chi connectivity index (χ0n) is 21.3. The van der Waals surface area contributed by atoms with Crippen molar-refractivity contribution < 1.29 is 9.53 Å². The second kappa shape index (κ2) is 12.3. The molecule has 0 saturated heterocycles. The number of carbonyl (C=O) groups is 1. The molecule has 0 radical (unpaired) electrons. The van der Waals surface area contributed by atoms with E-state index in [4.69, 9.17) is 21.3 Å². The van der Waals surface area contributed by atoms with E-state index in [1.165, 1.54) is 0 Å². The highest BCUT2D eigenvalue weighted by Gasteiger charge is 2.18. The van der Waals surface area contributed by atoms with Gasteiger partial charge in [0.05, 0.1) is 12.3 Å². The number of halogens is 1. The van der Waals surface area contributed by atoms with E-state index in [2.05, 4.69) is 35.0 Å². The second-order valence-corrected chi connectivity index (χ2v) is 10.5. The number of hydrogen-bond acceptors (Lipinski definition) is 4. The van der Waals surface area contributed by atoms with Crippen molar-refractivity contribution in [2.24, 2.45) is 0 Å². The fourth-order valence-electron chi connectivity index (χ4n) is 4.29. The van der Waals surface area contributed by atoms with Gasteiger partial charge in [-0.3, -0.25) is 9.20 Å². The van der Waals surface area contributed by atoms with Crippen molar-refractivity contribution >= 4 is 33.8 Å². The number of amides is 1. The molecule has 5 rings (SSSR count). The van der Waals surface area contributed by atoms with Gasteiger partial charge in [0.15, 0.2) is 4.96 Å². The van der Waals surface area contributed by atoms with E-state index < -0.39 is 0 Å². The fraction of sp³-hybridized carbons (Fsp3) is 0.226. The van der Waals surface area contributed by atoms with Gasteiger partial charge >= 0.3 is 0 Å². The molecule has 194 valence electrons. The van der Waals surface area contributed by atoms with Crippen molar-refractivity contribution in [3.05, 3.63) is 112 Å². The van der Waals surface area contributed by atoms with E-state index >= 15 is 0 Å². The maximum atomic E-state index is 13.6. The second-order valence-electron chi connectivity index (χ2n) is 9.20. The van der Waals surface area contributed by atoms with E-state index in [0.29, 0.717) is 36.7 Å². The molecule has 38 heavy (non-hydrogen) atoms. The third kappa shape index (κ3) is 6.26. The molecular formula is C31H30ClN3O2S. The van der Waals surface area contributed by atoms with Gasteiger partial charge in [0.25, 0.3) is 5.91 Å². The number of nitrogens with zero attached hydrogens (tertiary/aromatic N) is 3. The summed E-state index contributed by atoms with van der Waals surface area (Å²) in [5.41, 5.74) is 4.83. The van der Waals surface area contributed by atoms with Crippen LogP contribution < -0.4 is 4.74 Å². The Balaban J connectivity index is 1.33. The molecule has 5 aromatic rings. The summed E-state index contributed by atoms with van der Waals surface area (Å²) in [6.45, 7) is 3.95. The number of ether oxygens (including phenoxy) is 1. The largest absolute Gasteiger partial charge is 0.494 e. The quantitative estimate of drug-likeness (QED) is 0.160. The Bertz CT molecular complexity index is 1480. The molecule has 0 aliphatic carbocycles. The Morgan fingerprint density at radius 3 is 2.53 bits per heavy atom. The van der Waals surface area contributed by atoms with Crippen LogP contribution in [0, 0.1) is 0 Å². The van der Waals surface area contributed by atoms with Crippen LogP contribution in [0.5, 0.6) is 5.75 Å². The molecular weight excluding hydrogens is 514 g/mol. The average Bonchev–Trinajstić information content (AvgIpc) is 3.54. The van der Waals surface area contributed by atoms with Gasteiger partial charge in [0.2, 0.25) is 0 Å². The molecule has 0 aliphatic rings. The molecule has 2 aromatic heterocycles. The van der Waals surface area contributed by atoms with Gasteiger partial charge in [-0.2, -0.15) is 0 Å². The van der Waals surface area contributed by atoms with Crippen molar-refractivity contribution in [3.63, 3.8) is 0 Å². The summed E-state index contributed by atoms with van der Waals surface area (Å²) in [5, 5.41) is 2.83. The third-order valence-corrected chi connectivity index (χ3v) is 7.57. The molecule has 2 heterocycles. The molecule has 0 N–H and O–H groups in total. The lowest BCUT2D eigenvalue weighted by Crippen LogP contribution is -2.32. The molecule has 0 atom stereocenters. The van der Waals surface area contributed by atoms with Crippen molar-refractivity contribution in [1.29, 1.82) is 0 Å². The minimum absolute atomic E-state index is 0.00733. The van der Waals surface area contributed by atoms with Gasteiger partial charge in [0.1, 0.15) is 5.75 Å². The monoisotopic (exact) mass is 543 g/mol. The van der Waals surface area contributed by atoms with Crippen LogP contribution in [0.4, 0.5) is 0 Å². The summed E-state index contributed by atoms with van der Waals surface area (Å²) >= 11 is 7.66. The van der Waals surface area contributed by atoms with Crippen LogP contribution in [-0.2, 0) is 13.0 Å². The summed E-state index contributed by atoms with van der Waals surface area (Å²) in [6.07, 6.45) is 4.88. The van der Waals surface area contributed by atoms with E-state index in [1.54, 1.807) is 11.3 Å². The van der Waals surface area contributed by atoms with Crippen LogP contribution in [0.15, 0.2) is 90.4 Å². The van der Waals surface area contributed by atoms with Gasteiger partial charge < -0.3 is 9.64 Å². The number of aromatic nitrogens is 2. The molecule has 0 unspecified atom stereocenters.